The first-order chi connectivity index (χ1) is 12.6. The van der Waals surface area contributed by atoms with Crippen LogP contribution in [-0.2, 0) is 4.74 Å². The summed E-state index contributed by atoms with van der Waals surface area (Å²) in [6, 6.07) is 9.81. The summed E-state index contributed by atoms with van der Waals surface area (Å²) in [5, 5.41) is 8.16. The fraction of sp³-hybridized carbons (Fsp3) is 0.167. The van der Waals surface area contributed by atoms with E-state index in [0.29, 0.717) is 21.4 Å². The summed E-state index contributed by atoms with van der Waals surface area (Å²) in [5.41, 5.74) is 2.36. The van der Waals surface area contributed by atoms with Crippen molar-refractivity contribution in [3.8, 4) is 10.8 Å². The van der Waals surface area contributed by atoms with E-state index in [1.54, 1.807) is 13.1 Å². The highest BCUT2D eigenvalue weighted by atomic mass is 32.1. The van der Waals surface area contributed by atoms with E-state index in [1.807, 2.05) is 37.3 Å². The van der Waals surface area contributed by atoms with Crippen LogP contribution in [0.5, 0.6) is 0 Å². The van der Waals surface area contributed by atoms with E-state index in [0.717, 1.165) is 16.5 Å². The summed E-state index contributed by atoms with van der Waals surface area (Å²) < 4.78 is 5.63. The zero-order valence-electron chi connectivity index (χ0n) is 14.1. The number of pyridine rings is 1. The van der Waals surface area contributed by atoms with Gasteiger partial charge in [0, 0.05) is 17.1 Å². The second-order valence-electron chi connectivity index (χ2n) is 5.78. The predicted molar refractivity (Wildman–Crippen MR) is 97.8 cm³/mol. The molecule has 4 rings (SSSR count). The van der Waals surface area contributed by atoms with E-state index >= 15 is 0 Å². The molecule has 0 aliphatic carbocycles. The molecule has 0 aliphatic heterocycles. The molecule has 1 atom stereocenters. The Morgan fingerprint density at radius 3 is 2.92 bits per heavy atom. The number of hydrogen-bond acceptors (Lipinski definition) is 7. The molecule has 0 amide bonds. The average Bonchev–Trinajstić information content (AvgIpc) is 3.30. The number of para-hydroxylation sites is 1. The second kappa shape index (κ2) is 6.64. The van der Waals surface area contributed by atoms with Crippen LogP contribution in [0.1, 0.15) is 34.0 Å². The molecule has 0 aliphatic rings. The number of rotatable bonds is 4. The van der Waals surface area contributed by atoms with Crippen molar-refractivity contribution in [3.63, 3.8) is 0 Å². The number of benzene rings is 1. The van der Waals surface area contributed by atoms with Crippen LogP contribution >= 0.6 is 11.3 Å². The van der Waals surface area contributed by atoms with Crippen molar-refractivity contribution in [2.24, 2.45) is 0 Å². The molecule has 1 aromatic carbocycles. The van der Waals surface area contributed by atoms with E-state index in [9.17, 15) is 4.79 Å². The molecule has 0 saturated carbocycles. The number of H-pyrrole nitrogens is 1. The minimum absolute atomic E-state index is 0.411. The molecular weight excluding hydrogens is 350 g/mol. The number of aryl methyl sites for hydroxylation is 1. The zero-order valence-corrected chi connectivity index (χ0v) is 14.9. The second-order valence-corrected chi connectivity index (χ2v) is 6.78. The van der Waals surface area contributed by atoms with Gasteiger partial charge in [-0.05, 0) is 26.0 Å². The largest absolute Gasteiger partial charge is 0.453 e. The summed E-state index contributed by atoms with van der Waals surface area (Å²) in [5.74, 6) is 0.121. The molecule has 130 valence electrons. The normalized spacial score (nSPS) is 12.2. The number of carbonyl (C=O) groups is 1. The Balaban J connectivity index is 1.55. The van der Waals surface area contributed by atoms with Crippen molar-refractivity contribution in [2.45, 2.75) is 20.0 Å². The van der Waals surface area contributed by atoms with Crippen molar-refractivity contribution >= 4 is 28.2 Å². The van der Waals surface area contributed by atoms with E-state index in [-0.39, 0.29) is 0 Å². The standard InChI is InChI=1S/C18H15N5O2S/c1-10-15(26-17(22-10)16-20-9-21-23-16)18(24)25-11(2)13-7-12-5-3-4-6-14(12)19-8-13/h3-9,11H,1-2H3,(H,20,21,23). The van der Waals surface area contributed by atoms with Crippen molar-refractivity contribution in [1.29, 1.82) is 0 Å². The van der Waals surface area contributed by atoms with Crippen molar-refractivity contribution in [1.82, 2.24) is 25.1 Å². The lowest BCUT2D eigenvalue weighted by Gasteiger charge is -2.13. The number of ether oxygens (including phenoxy) is 1. The number of aromatic nitrogens is 5. The summed E-state index contributed by atoms with van der Waals surface area (Å²) in [6.45, 7) is 3.60. The lowest BCUT2D eigenvalue weighted by molar-refractivity contribution is 0.0342. The molecule has 4 aromatic rings. The highest BCUT2D eigenvalue weighted by Gasteiger charge is 2.21. The number of nitrogens with one attached hydrogen (secondary N) is 1. The number of thiazole rings is 1. The number of carbonyl (C=O) groups excluding carboxylic acids is 1. The first-order valence-corrected chi connectivity index (χ1v) is 8.82. The van der Waals surface area contributed by atoms with Crippen LogP contribution in [0.15, 0.2) is 42.9 Å². The third kappa shape index (κ3) is 3.06. The maximum absolute atomic E-state index is 12.6. The van der Waals surface area contributed by atoms with Crippen LogP contribution in [0.25, 0.3) is 21.7 Å². The third-order valence-electron chi connectivity index (χ3n) is 3.96. The SMILES string of the molecule is Cc1nc(-c2ncn[nH]2)sc1C(=O)OC(C)c1cnc2ccccc2c1. The quantitative estimate of drug-likeness (QED) is 0.554. The minimum atomic E-state index is -0.421. The Kier molecular flexibility index (Phi) is 4.18. The highest BCUT2D eigenvalue weighted by Crippen LogP contribution is 2.28. The number of nitrogens with zero attached hydrogens (tertiary/aromatic N) is 4. The molecule has 8 heteroatoms. The number of fused-ring (bicyclic) bond motifs is 1. The first-order valence-electron chi connectivity index (χ1n) is 8.00. The van der Waals surface area contributed by atoms with Gasteiger partial charge in [-0.2, -0.15) is 5.10 Å². The van der Waals surface area contributed by atoms with Gasteiger partial charge in [0.2, 0.25) is 0 Å². The molecule has 0 radical (unpaired) electrons. The van der Waals surface area contributed by atoms with E-state index in [4.69, 9.17) is 4.74 Å². The molecule has 3 aromatic heterocycles. The summed E-state index contributed by atoms with van der Waals surface area (Å²) in [4.78, 5) is 25.9. The molecular formula is C18H15N5O2S. The van der Waals surface area contributed by atoms with Gasteiger partial charge in [-0.1, -0.05) is 18.2 Å². The topological polar surface area (TPSA) is 93.7 Å². The summed E-state index contributed by atoms with van der Waals surface area (Å²) in [6.07, 6.45) is 2.72. The zero-order chi connectivity index (χ0) is 18.1. The van der Waals surface area contributed by atoms with E-state index in [1.165, 1.54) is 17.7 Å². The van der Waals surface area contributed by atoms with Crippen molar-refractivity contribution in [2.75, 3.05) is 0 Å². The van der Waals surface area contributed by atoms with E-state index < -0.39 is 12.1 Å². The van der Waals surface area contributed by atoms with Gasteiger partial charge in [0.1, 0.15) is 17.3 Å². The number of aromatic amines is 1. The van der Waals surface area contributed by atoms with Crippen LogP contribution in [0.3, 0.4) is 0 Å². The molecule has 26 heavy (non-hydrogen) atoms. The Bertz CT molecular complexity index is 1070. The van der Waals surface area contributed by atoms with Gasteiger partial charge in [-0.25, -0.2) is 14.8 Å². The van der Waals surface area contributed by atoms with Gasteiger partial charge in [0.15, 0.2) is 10.8 Å². The first kappa shape index (κ1) is 16.3. The van der Waals surface area contributed by atoms with Gasteiger partial charge >= 0.3 is 5.97 Å². The molecule has 0 spiro atoms. The van der Waals surface area contributed by atoms with Crippen LogP contribution in [0, 0.1) is 6.92 Å². The summed E-state index contributed by atoms with van der Waals surface area (Å²) >= 11 is 1.23. The Hall–Kier alpha value is -3.13. The minimum Gasteiger partial charge on any atom is -0.453 e. The molecule has 0 bridgehead atoms. The van der Waals surface area contributed by atoms with Gasteiger partial charge in [0.05, 0.1) is 11.2 Å². The summed E-state index contributed by atoms with van der Waals surface area (Å²) in [7, 11) is 0. The molecule has 7 nitrogen and oxygen atoms in total. The lowest BCUT2D eigenvalue weighted by Crippen LogP contribution is -2.09. The van der Waals surface area contributed by atoms with E-state index in [2.05, 4.69) is 25.1 Å². The Morgan fingerprint density at radius 1 is 1.27 bits per heavy atom. The lowest BCUT2D eigenvalue weighted by atomic mass is 10.1. The molecule has 3 heterocycles. The number of hydrogen-bond donors (Lipinski definition) is 1. The molecule has 1 N–H and O–H groups in total. The molecule has 0 fully saturated rings. The van der Waals surface area contributed by atoms with Crippen LogP contribution in [-0.4, -0.2) is 31.1 Å². The van der Waals surface area contributed by atoms with Gasteiger partial charge in [-0.3, -0.25) is 10.1 Å². The van der Waals surface area contributed by atoms with Crippen molar-refractivity contribution in [3.05, 3.63) is 59.0 Å². The smallest absolute Gasteiger partial charge is 0.350 e. The van der Waals surface area contributed by atoms with Gasteiger partial charge < -0.3 is 4.74 Å². The third-order valence-corrected chi connectivity index (χ3v) is 5.11. The highest BCUT2D eigenvalue weighted by molar-refractivity contribution is 7.16. The van der Waals surface area contributed by atoms with Gasteiger partial charge in [-0.15, -0.1) is 11.3 Å². The van der Waals surface area contributed by atoms with Crippen molar-refractivity contribution < 1.29 is 9.53 Å². The molecule has 1 unspecified atom stereocenters. The Labute approximate surface area is 153 Å². The predicted octanol–water partition coefficient (Wildman–Crippen LogP) is 3.70. The van der Waals surface area contributed by atoms with Crippen LogP contribution < -0.4 is 0 Å². The monoisotopic (exact) mass is 365 g/mol. The maximum atomic E-state index is 12.6. The van der Waals surface area contributed by atoms with Crippen LogP contribution in [0.2, 0.25) is 0 Å². The van der Waals surface area contributed by atoms with Crippen LogP contribution in [0.4, 0.5) is 0 Å². The Morgan fingerprint density at radius 2 is 2.12 bits per heavy atom. The fourth-order valence-electron chi connectivity index (χ4n) is 2.59. The number of esters is 1. The average molecular weight is 365 g/mol. The van der Waals surface area contributed by atoms with Gasteiger partial charge in [0.25, 0.3) is 0 Å². The maximum Gasteiger partial charge on any atom is 0.350 e. The molecule has 0 saturated heterocycles. The fourth-order valence-corrected chi connectivity index (χ4v) is 3.48.